The number of hydrogen-bond donors (Lipinski definition) is 2. The van der Waals surface area contributed by atoms with Gasteiger partial charge in [0.05, 0.1) is 12.3 Å². The van der Waals surface area contributed by atoms with E-state index in [0.717, 1.165) is 31.5 Å². The van der Waals surface area contributed by atoms with E-state index >= 15 is 0 Å². The van der Waals surface area contributed by atoms with Crippen LogP contribution >= 0.6 is 0 Å². The van der Waals surface area contributed by atoms with E-state index in [9.17, 15) is 9.90 Å². The molecule has 0 fully saturated rings. The highest BCUT2D eigenvalue weighted by molar-refractivity contribution is 5.29. The number of aliphatic hydroxyl groups excluding tert-OH is 1. The third-order valence-electron chi connectivity index (χ3n) is 3.48. The van der Waals surface area contributed by atoms with Gasteiger partial charge in [-0.2, -0.15) is 0 Å². The van der Waals surface area contributed by atoms with Gasteiger partial charge in [-0.15, -0.1) is 0 Å². The minimum Gasteiger partial charge on any atom is -0.503 e. The topological polar surface area (TPSA) is 65.7 Å². The first-order valence-corrected chi connectivity index (χ1v) is 7.23. The molecule has 1 rings (SSSR count). The quantitative estimate of drug-likeness (QED) is 0.709. The van der Waals surface area contributed by atoms with Crippen LogP contribution in [0.3, 0.4) is 0 Å². The number of likely N-dealkylation sites (N-methyl/N-ethyl adjacent to an activating group) is 1. The van der Waals surface area contributed by atoms with Crippen molar-refractivity contribution < 1.29 is 10.2 Å². The number of unbranched alkanes of at least 4 members (excludes halogenated alkanes) is 2. The van der Waals surface area contributed by atoms with Crippen molar-refractivity contribution in [3.63, 3.8) is 0 Å². The second-order valence-electron chi connectivity index (χ2n) is 5.27. The highest BCUT2D eigenvalue weighted by Crippen LogP contribution is 2.17. The maximum Gasteiger partial charge on any atom is 0.223 e. The summed E-state index contributed by atoms with van der Waals surface area (Å²) in [7, 11) is 1.86. The van der Waals surface area contributed by atoms with Gasteiger partial charge in [0.15, 0.2) is 5.75 Å². The minimum absolute atomic E-state index is 0.0587. The van der Waals surface area contributed by atoms with Gasteiger partial charge in [0.1, 0.15) is 0 Å². The van der Waals surface area contributed by atoms with E-state index in [4.69, 9.17) is 5.11 Å². The highest BCUT2D eigenvalue weighted by atomic mass is 16.3. The van der Waals surface area contributed by atoms with Crippen LogP contribution in [0.5, 0.6) is 5.75 Å². The van der Waals surface area contributed by atoms with Crippen molar-refractivity contribution in [2.45, 2.75) is 46.2 Å². The van der Waals surface area contributed by atoms with E-state index in [-0.39, 0.29) is 17.8 Å². The number of aryl methyl sites for hydroxylation is 1. The molecule has 1 aromatic rings. The lowest BCUT2D eigenvalue weighted by Gasteiger charge is -2.22. The smallest absolute Gasteiger partial charge is 0.223 e. The number of aromatic hydroxyl groups is 1. The van der Waals surface area contributed by atoms with Gasteiger partial charge in [0.2, 0.25) is 5.43 Å². The molecule has 0 saturated heterocycles. The molecule has 1 heterocycles. The molecule has 1 aromatic heterocycles. The van der Waals surface area contributed by atoms with Crippen molar-refractivity contribution in [3.8, 4) is 5.75 Å². The molecular formula is C15H26N2O3. The van der Waals surface area contributed by atoms with E-state index < -0.39 is 0 Å². The van der Waals surface area contributed by atoms with Gasteiger partial charge in [-0.25, -0.2) is 0 Å². The van der Waals surface area contributed by atoms with Gasteiger partial charge in [-0.3, -0.25) is 9.69 Å². The van der Waals surface area contributed by atoms with Crippen LogP contribution in [0.25, 0.3) is 0 Å². The van der Waals surface area contributed by atoms with Crippen LogP contribution < -0.4 is 5.43 Å². The maximum atomic E-state index is 11.8. The Bertz CT molecular complexity index is 483. The number of hydrogen-bond acceptors (Lipinski definition) is 4. The number of pyridine rings is 1. The highest BCUT2D eigenvalue weighted by Gasteiger charge is 2.14. The number of nitrogens with zero attached hydrogens (tertiary/aromatic N) is 2. The summed E-state index contributed by atoms with van der Waals surface area (Å²) in [5.74, 6) is -0.170. The zero-order chi connectivity index (χ0) is 15.1. The summed E-state index contributed by atoms with van der Waals surface area (Å²) in [6.07, 6.45) is 3.28. The van der Waals surface area contributed by atoms with Crippen LogP contribution in [-0.4, -0.2) is 39.9 Å². The Kier molecular flexibility index (Phi) is 6.75. The molecule has 0 saturated carbocycles. The lowest BCUT2D eigenvalue weighted by Crippen LogP contribution is -2.26. The average molecular weight is 282 g/mol. The first kappa shape index (κ1) is 16.7. The molecule has 0 unspecified atom stereocenters. The summed E-state index contributed by atoms with van der Waals surface area (Å²) in [6.45, 7) is 5.86. The molecule has 0 atom stereocenters. The van der Waals surface area contributed by atoms with Crippen LogP contribution in [-0.2, 0) is 13.1 Å². The summed E-state index contributed by atoms with van der Waals surface area (Å²) >= 11 is 0. The molecule has 114 valence electrons. The van der Waals surface area contributed by atoms with Crippen LogP contribution in [0, 0.1) is 6.92 Å². The van der Waals surface area contributed by atoms with Crippen molar-refractivity contribution in [2.24, 2.45) is 0 Å². The normalized spacial score (nSPS) is 11.2. The summed E-state index contributed by atoms with van der Waals surface area (Å²) < 4.78 is 2.01. The fourth-order valence-corrected chi connectivity index (χ4v) is 2.32. The second-order valence-corrected chi connectivity index (χ2v) is 5.27. The Hall–Kier alpha value is -1.33. The number of aliphatic hydroxyl groups is 1. The monoisotopic (exact) mass is 282 g/mol. The van der Waals surface area contributed by atoms with Gasteiger partial charge in [-0.1, -0.05) is 19.8 Å². The van der Waals surface area contributed by atoms with E-state index in [1.54, 1.807) is 0 Å². The molecule has 0 amide bonds. The van der Waals surface area contributed by atoms with Gasteiger partial charge >= 0.3 is 0 Å². The fraction of sp³-hybridized carbons (Fsp3) is 0.667. The minimum atomic E-state index is -0.332. The van der Waals surface area contributed by atoms with Gasteiger partial charge in [0, 0.05) is 31.4 Å². The zero-order valence-corrected chi connectivity index (χ0v) is 12.7. The Labute approximate surface area is 120 Å². The van der Waals surface area contributed by atoms with E-state index in [1.165, 1.54) is 6.07 Å². The first-order valence-electron chi connectivity index (χ1n) is 7.23. The third-order valence-corrected chi connectivity index (χ3v) is 3.48. The van der Waals surface area contributed by atoms with Crippen molar-refractivity contribution >= 4 is 0 Å². The summed E-state index contributed by atoms with van der Waals surface area (Å²) in [4.78, 5) is 13.6. The van der Waals surface area contributed by atoms with E-state index in [1.807, 2.05) is 23.4 Å². The lowest BCUT2D eigenvalue weighted by molar-refractivity contribution is 0.212. The first-order chi connectivity index (χ1) is 9.51. The maximum absolute atomic E-state index is 11.8. The van der Waals surface area contributed by atoms with Gasteiger partial charge in [-0.05, 0) is 20.4 Å². The molecule has 0 spiro atoms. The fourth-order valence-electron chi connectivity index (χ4n) is 2.32. The largest absolute Gasteiger partial charge is 0.503 e. The molecule has 0 aliphatic heterocycles. The van der Waals surface area contributed by atoms with Crippen LogP contribution in [0.15, 0.2) is 10.9 Å². The summed E-state index contributed by atoms with van der Waals surface area (Å²) in [6, 6.07) is 1.48. The van der Waals surface area contributed by atoms with Crippen LogP contribution in [0.1, 0.15) is 37.6 Å². The molecule has 0 aliphatic carbocycles. The Morgan fingerprint density at radius 2 is 2.05 bits per heavy atom. The molecule has 20 heavy (non-hydrogen) atoms. The summed E-state index contributed by atoms with van der Waals surface area (Å²) in [5.41, 5.74) is 1.18. The van der Waals surface area contributed by atoms with Crippen molar-refractivity contribution in [1.82, 2.24) is 9.47 Å². The van der Waals surface area contributed by atoms with Crippen molar-refractivity contribution in [2.75, 3.05) is 20.2 Å². The Morgan fingerprint density at radius 3 is 2.65 bits per heavy atom. The molecule has 5 nitrogen and oxygen atoms in total. The average Bonchev–Trinajstić information content (AvgIpc) is 2.39. The number of aromatic nitrogens is 1. The van der Waals surface area contributed by atoms with Crippen molar-refractivity contribution in [3.05, 3.63) is 27.7 Å². The standard InChI is InChI=1S/C15H26N2O3/c1-4-5-6-7-17-12(2)10-14(19)15(20)13(17)11-16(3)8-9-18/h10,18,20H,4-9,11H2,1-3H3. The van der Waals surface area contributed by atoms with Crippen LogP contribution in [0.4, 0.5) is 0 Å². The molecule has 0 aliphatic rings. The predicted octanol–water partition coefficient (Wildman–Crippen LogP) is 1.48. The lowest BCUT2D eigenvalue weighted by atomic mass is 10.2. The van der Waals surface area contributed by atoms with Crippen LogP contribution in [0.2, 0.25) is 0 Å². The molecule has 0 bridgehead atoms. The van der Waals surface area contributed by atoms with E-state index in [2.05, 4.69) is 6.92 Å². The van der Waals surface area contributed by atoms with E-state index in [0.29, 0.717) is 18.8 Å². The molecule has 2 N–H and O–H groups in total. The number of rotatable bonds is 8. The molecule has 0 radical (unpaired) electrons. The SMILES string of the molecule is CCCCCn1c(C)cc(=O)c(O)c1CN(C)CCO. The van der Waals surface area contributed by atoms with Gasteiger partial charge in [0.25, 0.3) is 0 Å². The molecule has 5 heteroatoms. The predicted molar refractivity (Wildman–Crippen MR) is 80.0 cm³/mol. The Balaban J connectivity index is 3.06. The molecule has 0 aromatic carbocycles. The van der Waals surface area contributed by atoms with Crippen molar-refractivity contribution in [1.29, 1.82) is 0 Å². The van der Waals surface area contributed by atoms with Gasteiger partial charge < -0.3 is 14.8 Å². The third kappa shape index (κ3) is 4.35. The second kappa shape index (κ2) is 8.07. The molecular weight excluding hydrogens is 256 g/mol. The Morgan fingerprint density at radius 1 is 1.35 bits per heavy atom. The zero-order valence-electron chi connectivity index (χ0n) is 12.7. The summed E-state index contributed by atoms with van der Waals surface area (Å²) in [5, 5.41) is 19.0.